The third-order valence-electron chi connectivity index (χ3n) is 3.10. The normalized spacial score (nSPS) is 17.1. The highest BCUT2D eigenvalue weighted by Gasteiger charge is 2.27. The molecule has 1 aromatic carbocycles. The zero-order valence-electron chi connectivity index (χ0n) is 11.2. The molecule has 100 valence electrons. The molecule has 0 aliphatic carbocycles. The molecule has 4 nitrogen and oxygen atoms in total. The van der Waals surface area contributed by atoms with Gasteiger partial charge in [0.1, 0.15) is 0 Å². The lowest BCUT2D eigenvalue weighted by molar-refractivity contribution is 0.0399. The molecule has 0 spiro atoms. The van der Waals surface area contributed by atoms with Crippen molar-refractivity contribution in [2.75, 3.05) is 20.3 Å². The first kappa shape index (κ1) is 13.2. The van der Waals surface area contributed by atoms with Gasteiger partial charge in [0.15, 0.2) is 11.5 Å². The molecule has 1 atom stereocenters. The first-order valence-electron chi connectivity index (χ1n) is 6.31. The quantitative estimate of drug-likeness (QED) is 0.861. The van der Waals surface area contributed by atoms with Gasteiger partial charge in [-0.2, -0.15) is 0 Å². The van der Waals surface area contributed by atoms with E-state index < -0.39 is 5.60 Å². The molecule has 0 bridgehead atoms. The molecule has 2 N–H and O–H groups in total. The van der Waals surface area contributed by atoms with E-state index in [1.807, 2.05) is 25.2 Å². The van der Waals surface area contributed by atoms with Crippen molar-refractivity contribution in [3.05, 3.63) is 23.8 Å². The minimum Gasteiger partial charge on any atom is -0.490 e. The molecular weight excluding hydrogens is 230 g/mol. The number of benzene rings is 1. The molecule has 0 saturated heterocycles. The summed E-state index contributed by atoms with van der Waals surface area (Å²) in [5.41, 5.74) is 0.156. The fourth-order valence-corrected chi connectivity index (χ4v) is 2.29. The summed E-state index contributed by atoms with van der Waals surface area (Å²) in [7, 11) is 1.84. The Hall–Kier alpha value is -1.26. The second kappa shape index (κ2) is 5.16. The van der Waals surface area contributed by atoms with Gasteiger partial charge in [0, 0.05) is 6.42 Å². The minimum absolute atomic E-state index is 0.144. The molecule has 18 heavy (non-hydrogen) atoms. The van der Waals surface area contributed by atoms with E-state index in [4.69, 9.17) is 9.47 Å². The number of likely N-dealkylation sites (N-methyl/N-ethyl adjacent to an activating group) is 1. The van der Waals surface area contributed by atoms with Crippen LogP contribution in [0.25, 0.3) is 0 Å². The Kier molecular flexibility index (Phi) is 3.78. The van der Waals surface area contributed by atoms with Gasteiger partial charge in [-0.1, -0.05) is 6.07 Å². The number of hydrogen-bond acceptors (Lipinski definition) is 4. The van der Waals surface area contributed by atoms with Crippen LogP contribution in [0.4, 0.5) is 0 Å². The monoisotopic (exact) mass is 251 g/mol. The minimum atomic E-state index is -0.839. The zero-order valence-corrected chi connectivity index (χ0v) is 11.2. The lowest BCUT2D eigenvalue weighted by Crippen LogP contribution is -2.37. The molecule has 1 aromatic rings. The first-order chi connectivity index (χ1) is 8.52. The number of ether oxygens (including phenoxy) is 2. The van der Waals surface area contributed by atoms with Crippen LogP contribution in [0.5, 0.6) is 11.5 Å². The summed E-state index contributed by atoms with van der Waals surface area (Å²) >= 11 is 0. The summed E-state index contributed by atoms with van der Waals surface area (Å²) in [6.07, 6.45) is 0.894. The van der Waals surface area contributed by atoms with E-state index in [1.165, 1.54) is 0 Å². The largest absolute Gasteiger partial charge is 0.490 e. The summed E-state index contributed by atoms with van der Waals surface area (Å²) in [5.74, 6) is 1.54. The van der Waals surface area contributed by atoms with Gasteiger partial charge in [-0.15, -0.1) is 0 Å². The van der Waals surface area contributed by atoms with Crippen LogP contribution in [-0.4, -0.2) is 31.0 Å². The summed E-state index contributed by atoms with van der Waals surface area (Å²) < 4.78 is 11.3. The van der Waals surface area contributed by atoms with Crippen molar-refractivity contribution in [3.63, 3.8) is 0 Å². The third-order valence-corrected chi connectivity index (χ3v) is 3.10. The molecule has 1 aliphatic heterocycles. The van der Waals surface area contributed by atoms with Crippen molar-refractivity contribution in [1.29, 1.82) is 0 Å². The smallest absolute Gasteiger partial charge is 0.161 e. The molecule has 0 saturated carbocycles. The van der Waals surface area contributed by atoms with E-state index in [1.54, 1.807) is 13.8 Å². The number of aliphatic hydroxyl groups is 1. The Morgan fingerprint density at radius 3 is 2.50 bits per heavy atom. The molecular formula is C14H21NO3. The van der Waals surface area contributed by atoms with Gasteiger partial charge in [-0.25, -0.2) is 0 Å². The van der Waals surface area contributed by atoms with Crippen LogP contribution in [0.3, 0.4) is 0 Å². The summed E-state index contributed by atoms with van der Waals surface area (Å²) in [6.45, 7) is 4.94. The van der Waals surface area contributed by atoms with Gasteiger partial charge >= 0.3 is 0 Å². The maximum absolute atomic E-state index is 10.2. The first-order valence-corrected chi connectivity index (χ1v) is 6.31. The van der Waals surface area contributed by atoms with Crippen LogP contribution >= 0.6 is 0 Å². The molecule has 0 fully saturated rings. The van der Waals surface area contributed by atoms with E-state index >= 15 is 0 Å². The maximum Gasteiger partial charge on any atom is 0.161 e. The number of rotatable bonds is 3. The van der Waals surface area contributed by atoms with Gasteiger partial charge in [-0.3, -0.25) is 0 Å². The molecule has 1 aliphatic rings. The SMILES string of the molecule is CNC(c1ccc2c(c1)OCCCO2)C(C)(C)O. The number of nitrogens with one attached hydrogen (secondary N) is 1. The van der Waals surface area contributed by atoms with Crippen LogP contribution in [0.1, 0.15) is 31.9 Å². The third kappa shape index (κ3) is 2.76. The van der Waals surface area contributed by atoms with E-state index in [2.05, 4.69) is 5.32 Å². The van der Waals surface area contributed by atoms with Crippen molar-refractivity contribution < 1.29 is 14.6 Å². The fourth-order valence-electron chi connectivity index (χ4n) is 2.29. The average molecular weight is 251 g/mol. The fraction of sp³-hybridized carbons (Fsp3) is 0.571. The van der Waals surface area contributed by atoms with E-state index in [0.29, 0.717) is 13.2 Å². The Morgan fingerprint density at radius 1 is 1.22 bits per heavy atom. The Bertz CT molecular complexity index is 412. The van der Waals surface area contributed by atoms with Crippen molar-refractivity contribution in [2.24, 2.45) is 0 Å². The van der Waals surface area contributed by atoms with Gasteiger partial charge in [-0.05, 0) is 38.6 Å². The van der Waals surface area contributed by atoms with E-state index in [-0.39, 0.29) is 6.04 Å². The van der Waals surface area contributed by atoms with E-state index in [0.717, 1.165) is 23.5 Å². The second-order valence-corrected chi connectivity index (χ2v) is 5.13. The highest BCUT2D eigenvalue weighted by molar-refractivity contribution is 5.44. The van der Waals surface area contributed by atoms with Gasteiger partial charge in [0.2, 0.25) is 0 Å². The summed E-state index contributed by atoms with van der Waals surface area (Å²) in [4.78, 5) is 0. The predicted octanol–water partition coefficient (Wildman–Crippen LogP) is 1.88. The van der Waals surface area contributed by atoms with Crippen LogP contribution in [0.2, 0.25) is 0 Å². The summed E-state index contributed by atoms with van der Waals surface area (Å²) in [6, 6.07) is 5.67. The topological polar surface area (TPSA) is 50.7 Å². The van der Waals surface area contributed by atoms with Crippen molar-refractivity contribution in [3.8, 4) is 11.5 Å². The van der Waals surface area contributed by atoms with Gasteiger partial charge < -0.3 is 19.9 Å². The second-order valence-electron chi connectivity index (χ2n) is 5.13. The lowest BCUT2D eigenvalue weighted by atomic mass is 9.92. The zero-order chi connectivity index (χ0) is 13.2. The van der Waals surface area contributed by atoms with Gasteiger partial charge in [0.05, 0.1) is 24.9 Å². The number of hydrogen-bond donors (Lipinski definition) is 2. The highest BCUT2D eigenvalue weighted by Crippen LogP contribution is 2.34. The van der Waals surface area contributed by atoms with Crippen molar-refractivity contribution >= 4 is 0 Å². The van der Waals surface area contributed by atoms with Crippen molar-refractivity contribution in [2.45, 2.75) is 31.9 Å². The number of fused-ring (bicyclic) bond motifs is 1. The molecule has 0 aromatic heterocycles. The Labute approximate surface area is 108 Å². The van der Waals surface area contributed by atoms with Crippen LogP contribution in [0.15, 0.2) is 18.2 Å². The van der Waals surface area contributed by atoms with Gasteiger partial charge in [0.25, 0.3) is 0 Å². The van der Waals surface area contributed by atoms with E-state index in [9.17, 15) is 5.11 Å². The molecule has 1 unspecified atom stereocenters. The molecule has 4 heteroatoms. The van der Waals surface area contributed by atoms with Crippen LogP contribution in [-0.2, 0) is 0 Å². The standard InChI is InChI=1S/C14H21NO3/c1-14(2,16)13(15-3)10-5-6-11-12(9-10)18-8-4-7-17-11/h5-6,9,13,15-16H,4,7-8H2,1-3H3. The van der Waals surface area contributed by atoms with Crippen LogP contribution < -0.4 is 14.8 Å². The summed E-state index contributed by atoms with van der Waals surface area (Å²) in [5, 5.41) is 13.3. The Balaban J connectivity index is 2.32. The molecule has 1 heterocycles. The molecule has 0 radical (unpaired) electrons. The molecule has 0 amide bonds. The van der Waals surface area contributed by atoms with Crippen LogP contribution in [0, 0.1) is 0 Å². The average Bonchev–Trinajstić information content (AvgIpc) is 2.52. The Morgan fingerprint density at radius 2 is 1.89 bits per heavy atom. The van der Waals surface area contributed by atoms with Crippen molar-refractivity contribution in [1.82, 2.24) is 5.32 Å². The molecule has 2 rings (SSSR count). The highest BCUT2D eigenvalue weighted by atomic mass is 16.5. The maximum atomic E-state index is 10.2. The predicted molar refractivity (Wildman–Crippen MR) is 70.1 cm³/mol. The lowest BCUT2D eigenvalue weighted by Gasteiger charge is -2.29.